The van der Waals surface area contributed by atoms with Crippen LogP contribution in [0.15, 0.2) is 17.5 Å². The number of hydrogen-bond acceptors (Lipinski definition) is 1. The first-order chi connectivity index (χ1) is 3.80. The van der Waals surface area contributed by atoms with Crippen LogP contribution in [0.4, 0.5) is 0 Å². The molecule has 1 rings (SSSR count). The van der Waals surface area contributed by atoms with E-state index < -0.39 is 0 Å². The summed E-state index contributed by atoms with van der Waals surface area (Å²) in [7, 11) is -0.338. The highest BCUT2D eigenvalue weighted by Gasteiger charge is 2.01. The summed E-state index contributed by atoms with van der Waals surface area (Å²) in [6.45, 7) is 2.23. The molecule has 0 aliphatic rings. The molecule has 0 aliphatic heterocycles. The molecule has 0 nitrogen and oxygen atoms in total. The smallest absolute Gasteiger partial charge is 0.153 e. The second-order valence-electron chi connectivity index (χ2n) is 1.51. The molecule has 0 unspecified atom stereocenters. The van der Waals surface area contributed by atoms with Crippen LogP contribution < -0.4 is 4.50 Å². The number of hydrogen-bond donors (Lipinski definition) is 0. The van der Waals surface area contributed by atoms with E-state index in [0.717, 1.165) is 0 Å². The molecule has 3 heteroatoms. The van der Waals surface area contributed by atoms with Gasteiger partial charge in [-0.1, -0.05) is 18.7 Å². The molecule has 0 atom stereocenters. The van der Waals surface area contributed by atoms with Gasteiger partial charge >= 0.3 is 0 Å². The van der Waals surface area contributed by atoms with Crippen LogP contribution in [0.5, 0.6) is 0 Å². The van der Waals surface area contributed by atoms with Crippen molar-refractivity contribution < 1.29 is 0 Å². The zero-order chi connectivity index (χ0) is 5.98. The topological polar surface area (TPSA) is 0 Å². The molecular formula is C5H6BrSSi. The van der Waals surface area contributed by atoms with Gasteiger partial charge < -0.3 is 0 Å². The standard InChI is InChI=1S/C5H6BrSSi/c1-8(6)5-3-2-4-7-5/h2-4H,1H3. The Morgan fingerprint density at radius 1 is 1.75 bits per heavy atom. The minimum Gasteiger partial charge on any atom is -0.153 e. The molecule has 0 bridgehead atoms. The van der Waals surface area contributed by atoms with Crippen molar-refractivity contribution in [2.45, 2.75) is 6.55 Å². The summed E-state index contributed by atoms with van der Waals surface area (Å²) in [6, 6.07) is 4.27. The highest BCUT2D eigenvalue weighted by atomic mass is 79.9. The Kier molecular flexibility index (Phi) is 2.28. The summed E-state index contributed by atoms with van der Waals surface area (Å²) in [4.78, 5) is 0. The molecule has 1 aromatic heterocycles. The molecule has 0 aliphatic carbocycles. The van der Waals surface area contributed by atoms with E-state index in [4.69, 9.17) is 0 Å². The van der Waals surface area contributed by atoms with Crippen molar-refractivity contribution in [2.24, 2.45) is 0 Å². The molecule has 43 valence electrons. The van der Waals surface area contributed by atoms with Crippen molar-refractivity contribution in [1.82, 2.24) is 0 Å². The second kappa shape index (κ2) is 2.80. The van der Waals surface area contributed by atoms with E-state index in [1.165, 1.54) is 4.50 Å². The molecule has 1 heterocycles. The maximum Gasteiger partial charge on any atom is 0.178 e. The first-order valence-corrected chi connectivity index (χ1v) is 7.47. The van der Waals surface area contributed by atoms with Crippen molar-refractivity contribution >= 4 is 38.5 Å². The summed E-state index contributed by atoms with van der Waals surface area (Å²) in [5.41, 5.74) is 0. The summed E-state index contributed by atoms with van der Waals surface area (Å²) in [5.74, 6) is 0. The predicted molar refractivity (Wildman–Crippen MR) is 44.5 cm³/mol. The maximum absolute atomic E-state index is 3.57. The van der Waals surface area contributed by atoms with Crippen LogP contribution in [-0.2, 0) is 0 Å². The van der Waals surface area contributed by atoms with Gasteiger partial charge in [-0.3, -0.25) is 0 Å². The Morgan fingerprint density at radius 3 is 2.75 bits per heavy atom. The lowest BCUT2D eigenvalue weighted by atomic mass is 10.7. The molecule has 0 saturated heterocycles. The van der Waals surface area contributed by atoms with Crippen molar-refractivity contribution in [3.8, 4) is 0 Å². The molecular weight excluding hydrogens is 200 g/mol. The fourth-order valence-electron chi connectivity index (χ4n) is 0.475. The summed E-state index contributed by atoms with van der Waals surface area (Å²) < 4.78 is 1.50. The SMILES string of the molecule is C[Si](Br)c1cccs1. The quantitative estimate of drug-likeness (QED) is 0.486. The van der Waals surface area contributed by atoms with Crippen molar-refractivity contribution in [3.63, 3.8) is 0 Å². The largest absolute Gasteiger partial charge is 0.178 e. The van der Waals surface area contributed by atoms with Gasteiger partial charge in [-0.05, 0) is 5.38 Å². The van der Waals surface area contributed by atoms with E-state index in [0.29, 0.717) is 0 Å². The lowest BCUT2D eigenvalue weighted by molar-refractivity contribution is 2.05. The lowest BCUT2D eigenvalue weighted by Crippen LogP contribution is -2.13. The molecule has 1 radical (unpaired) electrons. The van der Waals surface area contributed by atoms with Crippen LogP contribution in [-0.4, -0.2) is 7.42 Å². The van der Waals surface area contributed by atoms with Crippen LogP contribution in [0.2, 0.25) is 6.55 Å². The third-order valence-corrected chi connectivity index (χ3v) is 5.73. The average molecular weight is 206 g/mol. The summed E-state index contributed by atoms with van der Waals surface area (Å²) in [6.07, 6.45) is 0. The first kappa shape index (κ1) is 6.52. The van der Waals surface area contributed by atoms with E-state index in [-0.39, 0.29) is 7.42 Å². The van der Waals surface area contributed by atoms with Gasteiger partial charge in [-0.25, -0.2) is 0 Å². The number of halogens is 1. The minimum absolute atomic E-state index is 0.338. The molecule has 0 amide bonds. The van der Waals surface area contributed by atoms with Crippen molar-refractivity contribution in [1.29, 1.82) is 0 Å². The second-order valence-corrected chi connectivity index (χ2v) is 7.99. The Morgan fingerprint density at radius 2 is 2.50 bits per heavy atom. The van der Waals surface area contributed by atoms with Crippen LogP contribution in [0.3, 0.4) is 0 Å². The number of rotatable bonds is 1. The van der Waals surface area contributed by atoms with Gasteiger partial charge in [0.25, 0.3) is 0 Å². The number of thiophene rings is 1. The van der Waals surface area contributed by atoms with Crippen LogP contribution in [0, 0.1) is 0 Å². The van der Waals surface area contributed by atoms with Gasteiger partial charge in [0, 0.05) is 4.50 Å². The Labute approximate surface area is 62.7 Å². The third-order valence-electron chi connectivity index (χ3n) is 0.861. The highest BCUT2D eigenvalue weighted by Crippen LogP contribution is 2.00. The molecule has 0 fully saturated rings. The summed E-state index contributed by atoms with van der Waals surface area (Å²) in [5, 5.41) is 2.12. The Bertz CT molecular complexity index is 147. The maximum atomic E-state index is 3.57. The molecule has 8 heavy (non-hydrogen) atoms. The fourth-order valence-corrected chi connectivity index (χ4v) is 3.35. The van der Waals surface area contributed by atoms with Gasteiger partial charge in [0.1, 0.15) is 0 Å². The van der Waals surface area contributed by atoms with E-state index in [1.807, 2.05) is 11.3 Å². The van der Waals surface area contributed by atoms with Crippen LogP contribution >= 0.6 is 26.6 Å². The van der Waals surface area contributed by atoms with Crippen molar-refractivity contribution in [2.75, 3.05) is 0 Å². The molecule has 0 spiro atoms. The van der Waals surface area contributed by atoms with E-state index >= 15 is 0 Å². The highest BCUT2D eigenvalue weighted by molar-refractivity contribution is 9.25. The van der Waals surface area contributed by atoms with E-state index in [9.17, 15) is 0 Å². The normalized spacial score (nSPS) is 10.4. The predicted octanol–water partition coefficient (Wildman–Crippen LogP) is 1.97. The van der Waals surface area contributed by atoms with Gasteiger partial charge in [-0.15, -0.1) is 15.3 Å². The zero-order valence-electron chi connectivity index (χ0n) is 4.52. The molecule has 0 saturated carbocycles. The van der Waals surface area contributed by atoms with E-state index in [1.54, 1.807) is 0 Å². The first-order valence-electron chi connectivity index (χ1n) is 2.33. The van der Waals surface area contributed by atoms with Crippen molar-refractivity contribution in [3.05, 3.63) is 17.5 Å². The monoisotopic (exact) mass is 205 g/mol. The summed E-state index contributed by atoms with van der Waals surface area (Å²) >= 11 is 5.40. The molecule has 1 aromatic rings. The van der Waals surface area contributed by atoms with Crippen LogP contribution in [0.25, 0.3) is 0 Å². The van der Waals surface area contributed by atoms with Gasteiger partial charge in [0.15, 0.2) is 7.42 Å². The lowest BCUT2D eigenvalue weighted by Gasteiger charge is -1.89. The van der Waals surface area contributed by atoms with E-state index in [2.05, 4.69) is 39.4 Å². The third kappa shape index (κ3) is 1.43. The Balaban J connectivity index is 2.77. The average Bonchev–Trinajstić information content (AvgIpc) is 2.12. The fraction of sp³-hybridized carbons (Fsp3) is 0.200. The van der Waals surface area contributed by atoms with Gasteiger partial charge in [-0.2, -0.15) is 11.3 Å². The Hall–Kier alpha value is 0.397. The molecule has 0 aromatic carbocycles. The van der Waals surface area contributed by atoms with Gasteiger partial charge in [0.2, 0.25) is 0 Å². The molecule has 0 N–H and O–H groups in total. The minimum atomic E-state index is -0.338. The van der Waals surface area contributed by atoms with Gasteiger partial charge in [0.05, 0.1) is 0 Å². The van der Waals surface area contributed by atoms with Crippen LogP contribution in [0.1, 0.15) is 0 Å². The zero-order valence-corrected chi connectivity index (χ0v) is 7.92.